The van der Waals surface area contributed by atoms with Gasteiger partial charge in [-0.1, -0.05) is 13.3 Å². The lowest BCUT2D eigenvalue weighted by Crippen LogP contribution is -2.52. The predicted octanol–water partition coefficient (Wildman–Crippen LogP) is 1.73. The van der Waals surface area contributed by atoms with Crippen LogP contribution in [0.4, 0.5) is 4.79 Å². The van der Waals surface area contributed by atoms with Gasteiger partial charge >= 0.3 is 6.09 Å². The minimum absolute atomic E-state index is 0.0949. The number of carbonyl (C=O) groups excluding carboxylic acids is 1. The van der Waals surface area contributed by atoms with Gasteiger partial charge in [-0.15, -0.1) is 0 Å². The van der Waals surface area contributed by atoms with Crippen molar-refractivity contribution in [2.75, 3.05) is 13.2 Å². The Hall–Kier alpha value is -0.770. The van der Waals surface area contributed by atoms with Crippen LogP contribution in [0.2, 0.25) is 0 Å². The Morgan fingerprint density at radius 2 is 2.33 bits per heavy atom. The Morgan fingerprint density at radius 3 is 3.00 bits per heavy atom. The van der Waals surface area contributed by atoms with Crippen molar-refractivity contribution in [2.24, 2.45) is 5.73 Å². The number of amides is 1. The zero-order chi connectivity index (χ0) is 11.3. The molecule has 0 aromatic heterocycles. The molecule has 4 nitrogen and oxygen atoms in total. The van der Waals surface area contributed by atoms with Crippen molar-refractivity contribution in [2.45, 2.75) is 51.6 Å². The number of piperidine rings is 1. The van der Waals surface area contributed by atoms with Gasteiger partial charge in [0.15, 0.2) is 0 Å². The Kier molecular flexibility index (Phi) is 4.88. The highest BCUT2D eigenvalue weighted by atomic mass is 16.6. The molecule has 0 saturated carbocycles. The molecule has 1 fully saturated rings. The van der Waals surface area contributed by atoms with E-state index in [4.69, 9.17) is 10.5 Å². The molecular formula is C11H22N2O2. The molecule has 4 heteroatoms. The number of nitrogens with two attached hydrogens (primary N) is 1. The lowest BCUT2D eigenvalue weighted by Gasteiger charge is -2.36. The summed E-state index contributed by atoms with van der Waals surface area (Å²) in [6.07, 6.45) is 3.75. The van der Waals surface area contributed by atoms with Gasteiger partial charge in [0.1, 0.15) is 0 Å². The number of likely N-dealkylation sites (tertiary alicyclic amines) is 1. The van der Waals surface area contributed by atoms with Crippen LogP contribution < -0.4 is 5.73 Å². The molecular weight excluding hydrogens is 192 g/mol. The lowest BCUT2D eigenvalue weighted by molar-refractivity contribution is 0.0707. The second-order valence-corrected chi connectivity index (χ2v) is 4.21. The number of ether oxygens (including phenoxy) is 1. The van der Waals surface area contributed by atoms with E-state index >= 15 is 0 Å². The van der Waals surface area contributed by atoms with E-state index in [1.165, 1.54) is 0 Å². The third kappa shape index (κ3) is 3.38. The van der Waals surface area contributed by atoms with Gasteiger partial charge in [-0.2, -0.15) is 0 Å². The number of rotatable bonds is 3. The maximum atomic E-state index is 11.7. The van der Waals surface area contributed by atoms with E-state index in [9.17, 15) is 4.79 Å². The van der Waals surface area contributed by atoms with Gasteiger partial charge in [-0.05, 0) is 26.2 Å². The van der Waals surface area contributed by atoms with Crippen molar-refractivity contribution < 1.29 is 9.53 Å². The number of unbranched alkanes of at least 4 members (excludes halogenated alkanes) is 1. The summed E-state index contributed by atoms with van der Waals surface area (Å²) in [6, 6.07) is 0.199. The normalized spacial score (nSPS) is 26.5. The summed E-state index contributed by atoms with van der Waals surface area (Å²) in [5, 5.41) is 0. The Morgan fingerprint density at radius 1 is 1.60 bits per heavy atom. The molecule has 2 unspecified atom stereocenters. The second-order valence-electron chi connectivity index (χ2n) is 4.21. The first-order valence-electron chi connectivity index (χ1n) is 5.85. The Bertz CT molecular complexity index is 209. The highest BCUT2D eigenvalue weighted by Gasteiger charge is 2.29. The van der Waals surface area contributed by atoms with Gasteiger partial charge in [0.25, 0.3) is 0 Å². The average molecular weight is 214 g/mol. The summed E-state index contributed by atoms with van der Waals surface area (Å²) >= 11 is 0. The third-order valence-electron chi connectivity index (χ3n) is 3.01. The minimum atomic E-state index is -0.203. The van der Waals surface area contributed by atoms with Gasteiger partial charge in [-0.3, -0.25) is 0 Å². The molecule has 15 heavy (non-hydrogen) atoms. The first kappa shape index (κ1) is 12.3. The van der Waals surface area contributed by atoms with E-state index in [-0.39, 0.29) is 18.2 Å². The van der Waals surface area contributed by atoms with Crippen molar-refractivity contribution in [3.63, 3.8) is 0 Å². The van der Waals surface area contributed by atoms with Crippen molar-refractivity contribution in [3.05, 3.63) is 0 Å². The summed E-state index contributed by atoms with van der Waals surface area (Å²) in [7, 11) is 0. The van der Waals surface area contributed by atoms with Gasteiger partial charge in [0.05, 0.1) is 6.61 Å². The molecule has 1 rings (SSSR count). The molecule has 1 heterocycles. The van der Waals surface area contributed by atoms with E-state index in [2.05, 4.69) is 6.92 Å². The molecule has 1 amide bonds. The molecule has 2 N–H and O–H groups in total. The number of hydrogen-bond donors (Lipinski definition) is 1. The van der Waals surface area contributed by atoms with Gasteiger partial charge in [0.2, 0.25) is 0 Å². The fourth-order valence-electron chi connectivity index (χ4n) is 1.82. The maximum Gasteiger partial charge on any atom is 0.410 e. The van der Waals surface area contributed by atoms with Crippen LogP contribution in [-0.2, 0) is 4.74 Å². The summed E-state index contributed by atoms with van der Waals surface area (Å²) in [4.78, 5) is 13.4. The predicted molar refractivity (Wildman–Crippen MR) is 59.6 cm³/mol. The number of nitrogens with zero attached hydrogens (tertiary/aromatic N) is 1. The molecule has 0 spiro atoms. The summed E-state index contributed by atoms with van der Waals surface area (Å²) in [5.41, 5.74) is 5.91. The lowest BCUT2D eigenvalue weighted by atomic mass is 9.99. The molecule has 0 aromatic rings. The zero-order valence-corrected chi connectivity index (χ0v) is 9.74. The number of hydrogen-bond acceptors (Lipinski definition) is 3. The maximum absolute atomic E-state index is 11.7. The highest BCUT2D eigenvalue weighted by molar-refractivity contribution is 5.68. The van der Waals surface area contributed by atoms with Crippen LogP contribution in [0.1, 0.15) is 39.5 Å². The first-order valence-corrected chi connectivity index (χ1v) is 5.85. The third-order valence-corrected chi connectivity index (χ3v) is 3.01. The Balaban J connectivity index is 2.37. The van der Waals surface area contributed by atoms with Crippen LogP contribution in [-0.4, -0.2) is 36.2 Å². The molecule has 0 aromatic carbocycles. The van der Waals surface area contributed by atoms with Crippen LogP contribution >= 0.6 is 0 Å². The quantitative estimate of drug-likeness (QED) is 0.728. The largest absolute Gasteiger partial charge is 0.449 e. The van der Waals surface area contributed by atoms with Crippen LogP contribution in [0.15, 0.2) is 0 Å². The summed E-state index contributed by atoms with van der Waals surface area (Å²) in [5.74, 6) is 0. The zero-order valence-electron chi connectivity index (χ0n) is 9.74. The van der Waals surface area contributed by atoms with E-state index < -0.39 is 0 Å². The second kappa shape index (κ2) is 5.95. The van der Waals surface area contributed by atoms with Gasteiger partial charge < -0.3 is 15.4 Å². The molecule has 0 bridgehead atoms. The molecule has 1 saturated heterocycles. The van der Waals surface area contributed by atoms with Crippen molar-refractivity contribution in [1.82, 2.24) is 4.90 Å². The molecule has 2 atom stereocenters. The van der Waals surface area contributed by atoms with E-state index in [0.717, 1.165) is 32.2 Å². The van der Waals surface area contributed by atoms with Crippen molar-refractivity contribution in [1.29, 1.82) is 0 Å². The SMILES string of the molecule is CCCCOC(=O)N1CCCC(N)C1C. The van der Waals surface area contributed by atoms with Gasteiger partial charge in [0, 0.05) is 18.6 Å². The summed E-state index contributed by atoms with van der Waals surface area (Å²) in [6.45, 7) is 5.37. The monoisotopic (exact) mass is 214 g/mol. The first-order chi connectivity index (χ1) is 7.16. The van der Waals surface area contributed by atoms with Crippen molar-refractivity contribution in [3.8, 4) is 0 Å². The fraction of sp³-hybridized carbons (Fsp3) is 0.909. The van der Waals surface area contributed by atoms with E-state index in [1.54, 1.807) is 4.90 Å². The Labute approximate surface area is 91.8 Å². The van der Waals surface area contributed by atoms with E-state index in [1.807, 2.05) is 6.92 Å². The van der Waals surface area contributed by atoms with Crippen LogP contribution in [0.5, 0.6) is 0 Å². The highest BCUT2D eigenvalue weighted by Crippen LogP contribution is 2.16. The van der Waals surface area contributed by atoms with Crippen molar-refractivity contribution >= 4 is 6.09 Å². The van der Waals surface area contributed by atoms with Crippen LogP contribution in [0, 0.1) is 0 Å². The minimum Gasteiger partial charge on any atom is -0.449 e. The molecule has 0 radical (unpaired) electrons. The van der Waals surface area contributed by atoms with Crippen LogP contribution in [0.25, 0.3) is 0 Å². The standard InChI is InChI=1S/C11H22N2O2/c1-3-4-8-15-11(14)13-7-5-6-10(12)9(13)2/h9-10H,3-8,12H2,1-2H3. The smallest absolute Gasteiger partial charge is 0.410 e. The molecule has 0 aliphatic carbocycles. The summed E-state index contributed by atoms with van der Waals surface area (Å²) < 4.78 is 5.17. The average Bonchev–Trinajstić information content (AvgIpc) is 2.22. The molecule has 1 aliphatic rings. The van der Waals surface area contributed by atoms with E-state index in [0.29, 0.717) is 6.61 Å². The number of carbonyl (C=O) groups is 1. The molecule has 88 valence electrons. The topological polar surface area (TPSA) is 55.6 Å². The van der Waals surface area contributed by atoms with Gasteiger partial charge in [-0.25, -0.2) is 4.79 Å². The molecule has 1 aliphatic heterocycles. The van der Waals surface area contributed by atoms with Crippen LogP contribution in [0.3, 0.4) is 0 Å². The fourth-order valence-corrected chi connectivity index (χ4v) is 1.82.